The Morgan fingerprint density at radius 1 is 0.382 bits per heavy atom. The Morgan fingerprint density at radius 2 is 0.891 bits per heavy atom. The number of halogens is 3. The van der Waals surface area contributed by atoms with Gasteiger partial charge in [0.15, 0.2) is 0 Å². The van der Waals surface area contributed by atoms with Crippen molar-refractivity contribution >= 4 is 115 Å². The molecule has 10 aromatic rings. The number of anilines is 3. The SMILES string of the molecule is Brc1cccc(I)c1.Brc1cccc(N(c2ccccc2)c2ccc3c(c2)oc2ccccc23)c1.c1ccc(Cc2ccc3c(c2)oc2ccccc23)cc1. The molecule has 0 saturated heterocycles. The van der Waals surface area contributed by atoms with Crippen molar-refractivity contribution in [3.05, 3.63) is 218 Å². The average Bonchev–Trinajstić information content (AvgIpc) is 3.77. The lowest BCUT2D eigenvalue weighted by Gasteiger charge is -2.25. The van der Waals surface area contributed by atoms with Crippen LogP contribution in [-0.4, -0.2) is 0 Å². The first kappa shape index (κ1) is 36.8. The van der Waals surface area contributed by atoms with Crippen molar-refractivity contribution in [1.29, 1.82) is 0 Å². The molecule has 0 N–H and O–H groups in total. The summed E-state index contributed by atoms with van der Waals surface area (Å²) in [4.78, 5) is 2.23. The molecule has 6 heteroatoms. The minimum atomic E-state index is 0.893. The average molecular weight is 956 g/mol. The zero-order valence-electron chi connectivity index (χ0n) is 29.6. The Bertz CT molecular complexity index is 2830. The maximum Gasteiger partial charge on any atom is 0.137 e. The Morgan fingerprint density at radius 3 is 1.51 bits per heavy atom. The Balaban J connectivity index is 0.000000133. The summed E-state index contributed by atoms with van der Waals surface area (Å²) in [7, 11) is 0. The molecule has 55 heavy (non-hydrogen) atoms. The highest BCUT2D eigenvalue weighted by molar-refractivity contribution is 14.1. The van der Waals surface area contributed by atoms with Crippen molar-refractivity contribution in [2.24, 2.45) is 0 Å². The maximum absolute atomic E-state index is 6.10. The van der Waals surface area contributed by atoms with E-state index in [0.717, 1.165) is 65.5 Å². The van der Waals surface area contributed by atoms with Gasteiger partial charge in [-0.25, -0.2) is 0 Å². The van der Waals surface area contributed by atoms with Gasteiger partial charge in [0.2, 0.25) is 0 Å². The molecule has 0 radical (unpaired) electrons. The van der Waals surface area contributed by atoms with E-state index in [2.05, 4.69) is 193 Å². The summed E-state index contributed by atoms with van der Waals surface area (Å²) in [6.07, 6.45) is 0.938. The van der Waals surface area contributed by atoms with Gasteiger partial charge >= 0.3 is 0 Å². The summed E-state index contributed by atoms with van der Waals surface area (Å²) in [6.45, 7) is 0. The molecule has 3 nitrogen and oxygen atoms in total. The van der Waals surface area contributed by atoms with Gasteiger partial charge in [-0.15, -0.1) is 0 Å². The molecule has 2 heterocycles. The second kappa shape index (κ2) is 17.1. The van der Waals surface area contributed by atoms with Gasteiger partial charge in [-0.3, -0.25) is 0 Å². The molecule has 8 aromatic carbocycles. The van der Waals surface area contributed by atoms with Gasteiger partial charge in [-0.05, 0) is 119 Å². The molecule has 0 atom stereocenters. The first-order valence-corrected chi connectivity index (χ1v) is 20.5. The van der Waals surface area contributed by atoms with E-state index in [0.29, 0.717) is 0 Å². The van der Waals surface area contributed by atoms with E-state index < -0.39 is 0 Å². The fourth-order valence-corrected chi connectivity index (χ4v) is 8.42. The summed E-state index contributed by atoms with van der Waals surface area (Å²) < 4.78 is 15.5. The summed E-state index contributed by atoms with van der Waals surface area (Å²) in [5.41, 5.74) is 9.59. The van der Waals surface area contributed by atoms with Gasteiger partial charge in [-0.2, -0.15) is 0 Å². The van der Waals surface area contributed by atoms with Gasteiger partial charge < -0.3 is 13.7 Å². The van der Waals surface area contributed by atoms with E-state index in [1.54, 1.807) is 0 Å². The summed E-state index contributed by atoms with van der Waals surface area (Å²) in [6, 6.07) is 66.6. The number of fused-ring (bicyclic) bond motifs is 6. The normalized spacial score (nSPS) is 10.9. The fourth-order valence-electron chi connectivity index (χ4n) is 6.66. The van der Waals surface area contributed by atoms with Crippen LogP contribution in [0, 0.1) is 3.57 Å². The number of para-hydroxylation sites is 3. The molecule has 0 amide bonds. The monoisotopic (exact) mass is 953 g/mol. The Kier molecular flexibility index (Phi) is 11.5. The number of hydrogen-bond acceptors (Lipinski definition) is 3. The van der Waals surface area contributed by atoms with Gasteiger partial charge in [0, 0.05) is 57.2 Å². The second-order valence-electron chi connectivity index (χ2n) is 13.0. The van der Waals surface area contributed by atoms with Gasteiger partial charge in [0.05, 0.1) is 0 Å². The molecule has 268 valence electrons. The van der Waals surface area contributed by atoms with Crippen LogP contribution in [-0.2, 0) is 6.42 Å². The van der Waals surface area contributed by atoms with Crippen LogP contribution in [0.2, 0.25) is 0 Å². The molecular weight excluding hydrogens is 921 g/mol. The standard InChI is InChI=1S/C24H16BrNO.C19H14O.C6H4BrI/c25-17-7-6-10-19(15-17)26(18-8-2-1-3-9-18)20-13-14-22-21-11-4-5-12-23(21)27-24(22)16-20;1-2-6-14(7-3-1)12-15-10-11-17-16-8-4-5-9-18(16)20-19(17)13-15;7-5-2-1-3-6(8)4-5/h1-16H;1-11,13H,12H2;1-4H. The van der Waals surface area contributed by atoms with Crippen LogP contribution in [0.3, 0.4) is 0 Å². The number of hydrogen-bond donors (Lipinski definition) is 0. The minimum Gasteiger partial charge on any atom is -0.456 e. The van der Waals surface area contributed by atoms with Crippen LogP contribution in [0.5, 0.6) is 0 Å². The highest BCUT2D eigenvalue weighted by Crippen LogP contribution is 2.39. The molecule has 0 unspecified atom stereocenters. The number of furan rings is 2. The third-order valence-corrected chi connectivity index (χ3v) is 10.8. The largest absolute Gasteiger partial charge is 0.456 e. The van der Waals surface area contributed by atoms with Crippen LogP contribution >= 0.6 is 54.5 Å². The van der Waals surface area contributed by atoms with Crippen molar-refractivity contribution in [2.45, 2.75) is 6.42 Å². The maximum atomic E-state index is 6.10. The third kappa shape index (κ3) is 8.73. The smallest absolute Gasteiger partial charge is 0.137 e. The lowest BCUT2D eigenvalue weighted by atomic mass is 10.0. The molecule has 0 aliphatic rings. The lowest BCUT2D eigenvalue weighted by Crippen LogP contribution is -2.09. The highest BCUT2D eigenvalue weighted by Gasteiger charge is 2.15. The molecule has 0 bridgehead atoms. The van der Waals surface area contributed by atoms with Crippen molar-refractivity contribution in [2.75, 3.05) is 4.90 Å². The predicted molar refractivity (Wildman–Crippen MR) is 246 cm³/mol. The number of nitrogens with zero attached hydrogens (tertiary/aromatic N) is 1. The van der Waals surface area contributed by atoms with Crippen LogP contribution in [0.1, 0.15) is 11.1 Å². The fraction of sp³-hybridized carbons (Fsp3) is 0.0204. The van der Waals surface area contributed by atoms with Gasteiger partial charge in [0.1, 0.15) is 22.3 Å². The van der Waals surface area contributed by atoms with Crippen LogP contribution < -0.4 is 4.90 Å². The molecule has 0 fully saturated rings. The first-order chi connectivity index (χ1) is 27.0. The molecule has 0 aliphatic heterocycles. The summed E-state index contributed by atoms with van der Waals surface area (Å²) in [5, 5.41) is 4.66. The van der Waals surface area contributed by atoms with E-state index in [1.165, 1.54) is 25.5 Å². The molecule has 0 saturated carbocycles. The third-order valence-electron chi connectivity index (χ3n) is 9.18. The topological polar surface area (TPSA) is 29.5 Å². The number of benzene rings is 8. The van der Waals surface area contributed by atoms with Gasteiger partial charge in [0.25, 0.3) is 0 Å². The Hall–Kier alpha value is -5.15. The van der Waals surface area contributed by atoms with Crippen molar-refractivity contribution in [3.63, 3.8) is 0 Å². The minimum absolute atomic E-state index is 0.893. The molecule has 0 spiro atoms. The number of rotatable bonds is 5. The predicted octanol–water partition coefficient (Wildman–Crippen LogP) is 16.0. The highest BCUT2D eigenvalue weighted by atomic mass is 127. The van der Waals surface area contributed by atoms with E-state index in [-0.39, 0.29) is 0 Å². The first-order valence-electron chi connectivity index (χ1n) is 17.9. The zero-order chi connectivity index (χ0) is 37.6. The molecular formula is C49H34Br2INO2. The van der Waals surface area contributed by atoms with Crippen molar-refractivity contribution in [1.82, 2.24) is 0 Å². The van der Waals surface area contributed by atoms with Crippen molar-refractivity contribution in [3.8, 4) is 0 Å². The second-order valence-corrected chi connectivity index (χ2v) is 16.0. The van der Waals surface area contributed by atoms with Crippen LogP contribution in [0.25, 0.3) is 43.9 Å². The van der Waals surface area contributed by atoms with Crippen molar-refractivity contribution < 1.29 is 8.83 Å². The van der Waals surface area contributed by atoms with Gasteiger partial charge in [-0.1, -0.05) is 141 Å². The summed E-state index contributed by atoms with van der Waals surface area (Å²) in [5.74, 6) is 0. The molecule has 0 aliphatic carbocycles. The van der Waals surface area contributed by atoms with Crippen LogP contribution in [0.4, 0.5) is 17.1 Å². The molecule has 10 rings (SSSR count). The quantitative estimate of drug-likeness (QED) is 0.161. The van der Waals surface area contributed by atoms with E-state index >= 15 is 0 Å². The molecule has 2 aromatic heterocycles. The summed E-state index contributed by atoms with van der Waals surface area (Å²) >= 11 is 9.23. The zero-order valence-corrected chi connectivity index (χ0v) is 34.9. The Labute approximate surface area is 350 Å². The van der Waals surface area contributed by atoms with E-state index in [4.69, 9.17) is 8.83 Å². The van der Waals surface area contributed by atoms with Crippen LogP contribution in [0.15, 0.2) is 212 Å². The van der Waals surface area contributed by atoms with E-state index in [9.17, 15) is 0 Å². The van der Waals surface area contributed by atoms with E-state index in [1.807, 2.05) is 60.7 Å². The lowest BCUT2D eigenvalue weighted by molar-refractivity contribution is 0.668.